The zero-order chi connectivity index (χ0) is 10.6. The second kappa shape index (κ2) is 4.40. The van der Waals surface area contributed by atoms with E-state index < -0.39 is 5.60 Å². The Bertz CT molecular complexity index is 323. The highest BCUT2D eigenvalue weighted by Gasteiger charge is 2.17. The highest BCUT2D eigenvalue weighted by molar-refractivity contribution is 5.55. The van der Waals surface area contributed by atoms with Gasteiger partial charge in [0.25, 0.3) is 0 Å². The molecule has 0 aliphatic rings. The van der Waals surface area contributed by atoms with Crippen LogP contribution in [0, 0.1) is 0 Å². The van der Waals surface area contributed by atoms with Crippen molar-refractivity contribution in [2.75, 3.05) is 6.54 Å². The normalized spacial score (nSPS) is 12.3. The molecule has 1 aromatic rings. The molecule has 76 valence electrons. The first-order valence-electron chi connectivity index (χ1n) is 4.74. The third kappa shape index (κ3) is 2.69. The molecule has 0 aliphatic carbocycles. The van der Waals surface area contributed by atoms with Crippen molar-refractivity contribution < 1.29 is 5.11 Å². The molecule has 0 aliphatic heterocycles. The molecule has 0 heterocycles. The Morgan fingerprint density at radius 2 is 2.00 bits per heavy atom. The number of hydrogen-bond donors (Lipinski definition) is 2. The summed E-state index contributed by atoms with van der Waals surface area (Å²) in [6.07, 6.45) is 3.82. The Balaban J connectivity index is 3.10. The average molecular weight is 191 g/mol. The van der Waals surface area contributed by atoms with Gasteiger partial charge >= 0.3 is 0 Å². The van der Waals surface area contributed by atoms with Gasteiger partial charge in [0.15, 0.2) is 0 Å². The molecule has 0 radical (unpaired) electrons. The number of aliphatic hydroxyl groups is 1. The topological polar surface area (TPSA) is 46.2 Å². The fraction of sp³-hybridized carbons (Fsp3) is 0.333. The molecule has 1 aromatic carbocycles. The van der Waals surface area contributed by atoms with Gasteiger partial charge in [0.05, 0.1) is 5.60 Å². The molecule has 0 spiro atoms. The van der Waals surface area contributed by atoms with Gasteiger partial charge in [-0.3, -0.25) is 0 Å². The summed E-state index contributed by atoms with van der Waals surface area (Å²) in [5.41, 5.74) is 6.52. The van der Waals surface area contributed by atoms with Crippen molar-refractivity contribution in [3.05, 3.63) is 41.5 Å². The molecule has 0 aromatic heterocycles. The first-order valence-corrected chi connectivity index (χ1v) is 4.74. The Kier molecular flexibility index (Phi) is 3.44. The summed E-state index contributed by atoms with van der Waals surface area (Å²) in [4.78, 5) is 0. The van der Waals surface area contributed by atoms with Gasteiger partial charge < -0.3 is 10.8 Å². The Morgan fingerprint density at radius 3 is 2.57 bits per heavy atom. The minimum atomic E-state index is -0.810. The van der Waals surface area contributed by atoms with Crippen molar-refractivity contribution in [2.45, 2.75) is 19.4 Å². The van der Waals surface area contributed by atoms with E-state index in [4.69, 9.17) is 5.73 Å². The molecular weight excluding hydrogens is 174 g/mol. The zero-order valence-corrected chi connectivity index (χ0v) is 8.70. The first kappa shape index (κ1) is 11.0. The van der Waals surface area contributed by atoms with Gasteiger partial charge in [-0.15, -0.1) is 0 Å². The fourth-order valence-corrected chi connectivity index (χ4v) is 1.39. The summed E-state index contributed by atoms with van der Waals surface area (Å²) in [5, 5.41) is 9.90. The van der Waals surface area contributed by atoms with E-state index in [9.17, 15) is 5.11 Å². The van der Waals surface area contributed by atoms with E-state index in [1.165, 1.54) is 0 Å². The Hall–Kier alpha value is -1.12. The zero-order valence-electron chi connectivity index (χ0n) is 8.70. The van der Waals surface area contributed by atoms with Crippen LogP contribution in [0.5, 0.6) is 0 Å². The number of benzene rings is 1. The third-order valence-corrected chi connectivity index (χ3v) is 2.05. The van der Waals surface area contributed by atoms with E-state index >= 15 is 0 Å². The monoisotopic (exact) mass is 191 g/mol. The standard InChI is InChI=1S/C12H17NO/c1-12(2,14)11-8-4-3-6-10(11)7-5-9-13/h3-8,14H,9,13H2,1-2H3/b7-5+. The summed E-state index contributed by atoms with van der Waals surface area (Å²) in [6, 6.07) is 7.77. The molecule has 0 unspecified atom stereocenters. The third-order valence-electron chi connectivity index (χ3n) is 2.05. The van der Waals surface area contributed by atoms with Crippen LogP contribution in [0.15, 0.2) is 30.3 Å². The van der Waals surface area contributed by atoms with Crippen LogP contribution in [-0.2, 0) is 5.60 Å². The van der Waals surface area contributed by atoms with Crippen LogP contribution in [0.4, 0.5) is 0 Å². The molecule has 1 rings (SSSR count). The van der Waals surface area contributed by atoms with E-state index in [0.29, 0.717) is 6.54 Å². The van der Waals surface area contributed by atoms with Crippen molar-refractivity contribution in [3.8, 4) is 0 Å². The minimum Gasteiger partial charge on any atom is -0.386 e. The smallest absolute Gasteiger partial charge is 0.0846 e. The summed E-state index contributed by atoms with van der Waals surface area (Å²) in [7, 11) is 0. The SMILES string of the molecule is CC(C)(O)c1ccccc1/C=C/CN. The number of rotatable bonds is 3. The minimum absolute atomic E-state index is 0.514. The van der Waals surface area contributed by atoms with Gasteiger partial charge in [-0.25, -0.2) is 0 Å². The van der Waals surface area contributed by atoms with Crippen LogP contribution in [0.2, 0.25) is 0 Å². The molecule has 14 heavy (non-hydrogen) atoms. The predicted molar refractivity (Wildman–Crippen MR) is 59.8 cm³/mol. The molecule has 2 heteroatoms. The van der Waals surface area contributed by atoms with Gasteiger partial charge in [0.1, 0.15) is 0 Å². The van der Waals surface area contributed by atoms with E-state index in [2.05, 4.69) is 0 Å². The maximum absolute atomic E-state index is 9.90. The summed E-state index contributed by atoms with van der Waals surface area (Å²) < 4.78 is 0. The van der Waals surface area contributed by atoms with Crippen molar-refractivity contribution in [1.82, 2.24) is 0 Å². The van der Waals surface area contributed by atoms with Crippen LogP contribution in [-0.4, -0.2) is 11.7 Å². The molecule has 0 saturated heterocycles. The van der Waals surface area contributed by atoms with Gasteiger partial charge in [-0.05, 0) is 25.0 Å². The number of hydrogen-bond acceptors (Lipinski definition) is 2. The van der Waals surface area contributed by atoms with E-state index in [-0.39, 0.29) is 0 Å². The van der Waals surface area contributed by atoms with Crippen LogP contribution in [0.25, 0.3) is 6.08 Å². The van der Waals surface area contributed by atoms with Crippen LogP contribution >= 0.6 is 0 Å². The van der Waals surface area contributed by atoms with Crippen molar-refractivity contribution in [2.24, 2.45) is 5.73 Å². The quantitative estimate of drug-likeness (QED) is 0.766. The Labute approximate surface area is 85.1 Å². The molecular formula is C12H17NO. The molecule has 0 amide bonds. The van der Waals surface area contributed by atoms with Gasteiger partial charge in [0, 0.05) is 6.54 Å². The largest absolute Gasteiger partial charge is 0.386 e. The van der Waals surface area contributed by atoms with E-state index in [1.807, 2.05) is 36.4 Å². The predicted octanol–water partition coefficient (Wildman–Crippen LogP) is 1.89. The van der Waals surface area contributed by atoms with Gasteiger partial charge in [0.2, 0.25) is 0 Å². The van der Waals surface area contributed by atoms with Gasteiger partial charge in [-0.1, -0.05) is 36.4 Å². The van der Waals surface area contributed by atoms with Crippen LogP contribution in [0.1, 0.15) is 25.0 Å². The summed E-state index contributed by atoms with van der Waals surface area (Å²) in [6.45, 7) is 4.07. The summed E-state index contributed by atoms with van der Waals surface area (Å²) >= 11 is 0. The van der Waals surface area contributed by atoms with Crippen molar-refractivity contribution in [1.29, 1.82) is 0 Å². The second-order valence-corrected chi connectivity index (χ2v) is 3.78. The van der Waals surface area contributed by atoms with Gasteiger partial charge in [-0.2, -0.15) is 0 Å². The molecule has 0 atom stereocenters. The molecule has 0 fully saturated rings. The lowest BCUT2D eigenvalue weighted by molar-refractivity contribution is 0.0784. The maximum Gasteiger partial charge on any atom is 0.0846 e. The van der Waals surface area contributed by atoms with Crippen LogP contribution < -0.4 is 5.73 Å². The lowest BCUT2D eigenvalue weighted by Gasteiger charge is -2.20. The fourth-order valence-electron chi connectivity index (χ4n) is 1.39. The van der Waals surface area contributed by atoms with E-state index in [0.717, 1.165) is 11.1 Å². The molecule has 3 N–H and O–H groups in total. The highest BCUT2D eigenvalue weighted by Crippen LogP contribution is 2.24. The highest BCUT2D eigenvalue weighted by atomic mass is 16.3. The lowest BCUT2D eigenvalue weighted by Crippen LogP contribution is -2.16. The summed E-state index contributed by atoms with van der Waals surface area (Å²) in [5.74, 6) is 0. The Morgan fingerprint density at radius 1 is 1.36 bits per heavy atom. The molecule has 0 saturated carbocycles. The second-order valence-electron chi connectivity index (χ2n) is 3.78. The van der Waals surface area contributed by atoms with Crippen molar-refractivity contribution >= 4 is 6.08 Å². The maximum atomic E-state index is 9.90. The first-order chi connectivity index (χ1) is 6.55. The molecule has 2 nitrogen and oxygen atoms in total. The van der Waals surface area contributed by atoms with Crippen LogP contribution in [0.3, 0.4) is 0 Å². The lowest BCUT2D eigenvalue weighted by atomic mass is 9.93. The van der Waals surface area contributed by atoms with Crippen molar-refractivity contribution in [3.63, 3.8) is 0 Å². The average Bonchev–Trinajstić information content (AvgIpc) is 2.14. The number of nitrogens with two attached hydrogens (primary N) is 1. The van der Waals surface area contributed by atoms with E-state index in [1.54, 1.807) is 13.8 Å². The molecule has 0 bridgehead atoms.